The van der Waals surface area contributed by atoms with E-state index in [9.17, 15) is 9.59 Å². The summed E-state index contributed by atoms with van der Waals surface area (Å²) >= 11 is 0. The molecule has 0 aromatic heterocycles. The average Bonchev–Trinajstić information content (AvgIpc) is 2.93. The highest BCUT2D eigenvalue weighted by Gasteiger charge is 2.17. The van der Waals surface area contributed by atoms with E-state index in [1.165, 1.54) is 0 Å². The summed E-state index contributed by atoms with van der Waals surface area (Å²) in [5.41, 5.74) is 0. The van der Waals surface area contributed by atoms with Crippen LogP contribution in [0.2, 0.25) is 0 Å². The Morgan fingerprint density at radius 1 is 1.20 bits per heavy atom. The van der Waals surface area contributed by atoms with Crippen molar-refractivity contribution in [3.05, 3.63) is 0 Å². The predicted molar refractivity (Wildman–Crippen MR) is 74.2 cm³/mol. The van der Waals surface area contributed by atoms with Crippen LogP contribution >= 0.6 is 0 Å². The molecule has 116 valence electrons. The SMILES string of the molecule is CC(C)C(=O)OCCCCCC(=O)OCC1CCCO1. The van der Waals surface area contributed by atoms with Crippen molar-refractivity contribution in [3.63, 3.8) is 0 Å². The lowest BCUT2D eigenvalue weighted by Crippen LogP contribution is -2.17. The van der Waals surface area contributed by atoms with Gasteiger partial charge in [-0.05, 0) is 32.1 Å². The molecule has 0 amide bonds. The Morgan fingerprint density at radius 3 is 2.65 bits per heavy atom. The molecule has 5 heteroatoms. The summed E-state index contributed by atoms with van der Waals surface area (Å²) in [5.74, 6) is -0.413. The third kappa shape index (κ3) is 7.48. The van der Waals surface area contributed by atoms with E-state index in [4.69, 9.17) is 14.2 Å². The predicted octanol–water partition coefficient (Wildman–Crippen LogP) is 2.47. The molecule has 0 saturated carbocycles. The van der Waals surface area contributed by atoms with E-state index in [1.807, 2.05) is 13.8 Å². The van der Waals surface area contributed by atoms with Gasteiger partial charge in [0.2, 0.25) is 0 Å². The Labute approximate surface area is 121 Å². The standard InChI is InChI=1S/C15H26O5/c1-12(2)15(17)19-9-5-3-4-8-14(16)20-11-13-7-6-10-18-13/h12-13H,3-11H2,1-2H3. The summed E-state index contributed by atoms with van der Waals surface area (Å²) < 4.78 is 15.6. The molecule has 1 unspecified atom stereocenters. The first-order chi connectivity index (χ1) is 9.59. The van der Waals surface area contributed by atoms with Crippen molar-refractivity contribution in [2.24, 2.45) is 5.92 Å². The van der Waals surface area contributed by atoms with Crippen molar-refractivity contribution in [2.45, 2.75) is 58.5 Å². The van der Waals surface area contributed by atoms with E-state index in [-0.39, 0.29) is 24.0 Å². The molecule has 20 heavy (non-hydrogen) atoms. The van der Waals surface area contributed by atoms with E-state index >= 15 is 0 Å². The summed E-state index contributed by atoms with van der Waals surface area (Å²) in [7, 11) is 0. The molecule has 0 aromatic carbocycles. The lowest BCUT2D eigenvalue weighted by molar-refractivity contribution is -0.148. The molecule has 1 rings (SSSR count). The zero-order chi connectivity index (χ0) is 14.8. The van der Waals surface area contributed by atoms with Crippen molar-refractivity contribution in [1.82, 2.24) is 0 Å². The molecule has 0 N–H and O–H groups in total. The summed E-state index contributed by atoms with van der Waals surface area (Å²) in [6, 6.07) is 0. The van der Waals surface area contributed by atoms with Crippen LogP contribution in [0.5, 0.6) is 0 Å². The summed E-state index contributed by atoms with van der Waals surface area (Å²) in [5, 5.41) is 0. The Balaban J connectivity index is 1.90. The summed E-state index contributed by atoms with van der Waals surface area (Å²) in [6.45, 7) is 5.21. The van der Waals surface area contributed by atoms with Crippen LogP contribution in [0, 0.1) is 5.92 Å². The second kappa shape index (κ2) is 9.75. The average molecular weight is 286 g/mol. The zero-order valence-corrected chi connectivity index (χ0v) is 12.6. The van der Waals surface area contributed by atoms with Crippen LogP contribution in [0.1, 0.15) is 52.4 Å². The largest absolute Gasteiger partial charge is 0.465 e. The van der Waals surface area contributed by atoms with Gasteiger partial charge in [0.1, 0.15) is 6.61 Å². The van der Waals surface area contributed by atoms with Gasteiger partial charge < -0.3 is 14.2 Å². The maximum atomic E-state index is 11.5. The van der Waals surface area contributed by atoms with Crippen LogP contribution < -0.4 is 0 Å². The molecule has 1 aliphatic heterocycles. The van der Waals surface area contributed by atoms with Crippen LogP contribution in [-0.2, 0) is 23.8 Å². The molecule has 1 atom stereocenters. The molecule has 1 saturated heterocycles. The molecule has 0 aromatic rings. The van der Waals surface area contributed by atoms with Crippen molar-refractivity contribution >= 4 is 11.9 Å². The highest BCUT2D eigenvalue weighted by molar-refractivity contribution is 5.71. The van der Waals surface area contributed by atoms with Crippen LogP contribution in [0.4, 0.5) is 0 Å². The van der Waals surface area contributed by atoms with Gasteiger partial charge in [-0.15, -0.1) is 0 Å². The molecule has 1 fully saturated rings. The quantitative estimate of drug-likeness (QED) is 0.481. The topological polar surface area (TPSA) is 61.8 Å². The van der Waals surface area contributed by atoms with Gasteiger partial charge in [-0.25, -0.2) is 0 Å². The summed E-state index contributed by atoms with van der Waals surface area (Å²) in [4.78, 5) is 22.7. The Morgan fingerprint density at radius 2 is 2.00 bits per heavy atom. The van der Waals surface area contributed by atoms with Gasteiger partial charge in [-0.1, -0.05) is 13.8 Å². The third-order valence-electron chi connectivity index (χ3n) is 3.20. The number of rotatable bonds is 9. The fourth-order valence-electron chi connectivity index (χ4n) is 1.92. The minimum atomic E-state index is -0.167. The molecule has 0 spiro atoms. The molecule has 0 bridgehead atoms. The fraction of sp³-hybridized carbons (Fsp3) is 0.867. The lowest BCUT2D eigenvalue weighted by Gasteiger charge is -2.10. The van der Waals surface area contributed by atoms with Crippen LogP contribution in [0.15, 0.2) is 0 Å². The molecule has 1 aliphatic rings. The van der Waals surface area contributed by atoms with E-state index in [2.05, 4.69) is 0 Å². The normalized spacial score (nSPS) is 18.2. The number of carbonyl (C=O) groups is 2. The second-order valence-corrected chi connectivity index (χ2v) is 5.45. The molecule has 5 nitrogen and oxygen atoms in total. The van der Waals surface area contributed by atoms with Crippen molar-refractivity contribution in [2.75, 3.05) is 19.8 Å². The number of ether oxygens (including phenoxy) is 3. The number of unbranched alkanes of at least 4 members (excludes halogenated alkanes) is 2. The minimum Gasteiger partial charge on any atom is -0.465 e. The van der Waals surface area contributed by atoms with Crippen molar-refractivity contribution in [3.8, 4) is 0 Å². The molecular formula is C15H26O5. The van der Waals surface area contributed by atoms with E-state index in [0.29, 0.717) is 19.6 Å². The Kier molecular flexibility index (Phi) is 8.26. The first-order valence-corrected chi connectivity index (χ1v) is 7.53. The van der Waals surface area contributed by atoms with Crippen molar-refractivity contribution < 1.29 is 23.8 Å². The lowest BCUT2D eigenvalue weighted by atomic mass is 10.2. The van der Waals surface area contributed by atoms with Crippen molar-refractivity contribution in [1.29, 1.82) is 0 Å². The number of esters is 2. The van der Waals surface area contributed by atoms with Crippen LogP contribution in [-0.4, -0.2) is 37.9 Å². The van der Waals surface area contributed by atoms with E-state index in [1.54, 1.807) is 0 Å². The first kappa shape index (κ1) is 17.0. The second-order valence-electron chi connectivity index (χ2n) is 5.45. The number of hydrogen-bond donors (Lipinski definition) is 0. The van der Waals surface area contributed by atoms with Gasteiger partial charge in [0.05, 0.1) is 18.6 Å². The van der Waals surface area contributed by atoms with Gasteiger partial charge in [0.15, 0.2) is 0 Å². The molecule has 0 aliphatic carbocycles. The van der Waals surface area contributed by atoms with E-state index < -0.39 is 0 Å². The van der Waals surface area contributed by atoms with Gasteiger partial charge in [-0.2, -0.15) is 0 Å². The fourth-order valence-corrected chi connectivity index (χ4v) is 1.92. The molecular weight excluding hydrogens is 260 g/mol. The van der Waals surface area contributed by atoms with Gasteiger partial charge in [-0.3, -0.25) is 9.59 Å². The maximum absolute atomic E-state index is 11.5. The Hall–Kier alpha value is -1.10. The molecule has 1 heterocycles. The zero-order valence-electron chi connectivity index (χ0n) is 12.6. The minimum absolute atomic E-state index is 0.0808. The van der Waals surface area contributed by atoms with Gasteiger partial charge in [0, 0.05) is 13.0 Å². The molecule has 0 radical (unpaired) electrons. The van der Waals surface area contributed by atoms with Gasteiger partial charge >= 0.3 is 11.9 Å². The Bertz CT molecular complexity index is 295. The highest BCUT2D eigenvalue weighted by atomic mass is 16.6. The highest BCUT2D eigenvalue weighted by Crippen LogP contribution is 2.12. The smallest absolute Gasteiger partial charge is 0.308 e. The van der Waals surface area contributed by atoms with Crippen LogP contribution in [0.25, 0.3) is 0 Å². The van der Waals surface area contributed by atoms with Crippen LogP contribution in [0.3, 0.4) is 0 Å². The number of hydrogen-bond acceptors (Lipinski definition) is 5. The summed E-state index contributed by atoms with van der Waals surface area (Å²) in [6.07, 6.45) is 4.97. The maximum Gasteiger partial charge on any atom is 0.308 e. The monoisotopic (exact) mass is 286 g/mol. The number of carbonyl (C=O) groups excluding carboxylic acids is 2. The third-order valence-corrected chi connectivity index (χ3v) is 3.20. The first-order valence-electron chi connectivity index (χ1n) is 7.53. The van der Waals surface area contributed by atoms with E-state index in [0.717, 1.165) is 38.7 Å². The van der Waals surface area contributed by atoms with Gasteiger partial charge in [0.25, 0.3) is 0 Å².